The highest BCUT2D eigenvalue weighted by Gasteiger charge is 2.37. The molecule has 6 atom stereocenters. The van der Waals surface area contributed by atoms with Crippen molar-refractivity contribution in [2.24, 2.45) is 10.9 Å². The zero-order chi connectivity index (χ0) is 46.6. The van der Waals surface area contributed by atoms with Gasteiger partial charge in [-0.15, -0.1) is 0 Å². The molecule has 3 N–H and O–H groups in total. The predicted molar refractivity (Wildman–Crippen MR) is 261 cm³/mol. The lowest BCUT2D eigenvalue weighted by molar-refractivity contribution is -0.127. The summed E-state index contributed by atoms with van der Waals surface area (Å²) < 4.78 is 12.2. The molecule has 0 aliphatic carbocycles. The van der Waals surface area contributed by atoms with Crippen molar-refractivity contribution in [3.05, 3.63) is 119 Å². The highest BCUT2D eigenvalue weighted by Crippen LogP contribution is 2.40. The largest absolute Gasteiger partial charge is 0.474 e. The van der Waals surface area contributed by atoms with E-state index in [9.17, 15) is 14.9 Å². The maximum absolute atomic E-state index is 13.5. The molecule has 0 radical (unpaired) electrons. The second kappa shape index (κ2) is 23.0. The van der Waals surface area contributed by atoms with Crippen molar-refractivity contribution < 1.29 is 24.3 Å². The fourth-order valence-electron chi connectivity index (χ4n) is 10.3. The summed E-state index contributed by atoms with van der Waals surface area (Å²) in [5.41, 5.74) is 9.89. The summed E-state index contributed by atoms with van der Waals surface area (Å²) in [5.74, 6) is 1.26. The molecule has 0 saturated carbocycles. The molecule has 2 unspecified atom stereocenters. The lowest BCUT2D eigenvalue weighted by atomic mass is 9.97. The van der Waals surface area contributed by atoms with E-state index < -0.39 is 12.2 Å². The number of fused-ring (bicyclic) bond motifs is 2. The fourth-order valence-corrected chi connectivity index (χ4v) is 10.3. The van der Waals surface area contributed by atoms with E-state index in [1.54, 1.807) is 36.4 Å². The van der Waals surface area contributed by atoms with Gasteiger partial charge in [0.05, 0.1) is 23.0 Å². The van der Waals surface area contributed by atoms with Crippen LogP contribution < -0.4 is 25.0 Å². The number of ether oxygens (including phenoxy) is 2. The van der Waals surface area contributed by atoms with Crippen LogP contribution in [0.15, 0.2) is 102 Å². The van der Waals surface area contributed by atoms with E-state index in [0.717, 1.165) is 74.3 Å². The van der Waals surface area contributed by atoms with Crippen molar-refractivity contribution in [3.8, 4) is 17.6 Å². The number of benzene rings is 4. The zero-order valence-electron chi connectivity index (χ0n) is 39.4. The smallest absolute Gasteiger partial charge is 0.272 e. The third-order valence-corrected chi connectivity index (χ3v) is 14.0. The Morgan fingerprint density at radius 3 is 1.53 bits per heavy atom. The number of rotatable bonds is 15. The Hall–Kier alpha value is -5.90. The second-order valence-electron chi connectivity index (χ2n) is 18.6. The van der Waals surface area contributed by atoms with Crippen LogP contribution in [0, 0.1) is 11.3 Å². The number of hydrogen-bond acceptors (Lipinski definition) is 9. The molecule has 2 saturated heterocycles. The van der Waals surface area contributed by atoms with Crippen molar-refractivity contribution in [3.63, 3.8) is 0 Å². The molecular formula is C54H69N7O5. The number of hydrogen-bond donors (Lipinski definition) is 2. The van der Waals surface area contributed by atoms with E-state index in [2.05, 4.69) is 48.7 Å². The molecule has 12 heteroatoms. The number of anilines is 2. The normalized spacial score (nSPS) is 23.4. The number of likely N-dealkylation sites (tertiary alicyclic amines) is 2. The number of oxime groups is 1. The maximum atomic E-state index is 13.5. The van der Waals surface area contributed by atoms with Crippen LogP contribution in [-0.2, 0) is 9.59 Å². The molecule has 4 aliphatic rings. The first-order valence-electron chi connectivity index (χ1n) is 24.3. The van der Waals surface area contributed by atoms with Gasteiger partial charge in [0.1, 0.15) is 11.5 Å². The SMILES string of the molecule is C[C@@H]1CCC[C@H](C)N1CCCCCN1C(=O)C(c2cccc(C#N)c2)Oc2ccccc21.C[C@@H]1CCC[C@H](C)N1CCCCCN1C(=O)C(c2cccc(C(N)=NO)c2)Oc2ccccc21. The number of nitrogens with zero attached hydrogens (tertiary/aromatic N) is 6. The van der Waals surface area contributed by atoms with Crippen LogP contribution in [0.5, 0.6) is 11.5 Å². The van der Waals surface area contributed by atoms with E-state index in [4.69, 9.17) is 20.4 Å². The summed E-state index contributed by atoms with van der Waals surface area (Å²) >= 11 is 0. The average Bonchev–Trinajstić information content (AvgIpc) is 3.33. The van der Waals surface area contributed by atoms with Crippen molar-refractivity contribution in [1.29, 1.82) is 5.26 Å². The van der Waals surface area contributed by atoms with Crippen LogP contribution in [0.4, 0.5) is 11.4 Å². The van der Waals surface area contributed by atoms with Crippen LogP contribution in [-0.4, -0.2) is 83.0 Å². The van der Waals surface area contributed by atoms with Gasteiger partial charge in [-0.3, -0.25) is 19.4 Å². The molecular weight excluding hydrogens is 827 g/mol. The number of amides is 2. The summed E-state index contributed by atoms with van der Waals surface area (Å²) in [6.45, 7) is 13.0. The first-order chi connectivity index (χ1) is 32.1. The number of carbonyl (C=O) groups is 2. The Kier molecular flexibility index (Phi) is 16.8. The number of amidine groups is 1. The van der Waals surface area contributed by atoms with Crippen LogP contribution >= 0.6 is 0 Å². The first kappa shape index (κ1) is 48.0. The predicted octanol–water partition coefficient (Wildman–Crippen LogP) is 10.1. The van der Waals surface area contributed by atoms with E-state index in [1.165, 1.54) is 38.5 Å². The lowest BCUT2D eigenvalue weighted by Crippen LogP contribution is -2.44. The highest BCUT2D eigenvalue weighted by atomic mass is 16.5. The van der Waals surface area contributed by atoms with E-state index in [1.807, 2.05) is 70.5 Å². The van der Waals surface area contributed by atoms with Gasteiger partial charge in [-0.05, 0) is 135 Å². The van der Waals surface area contributed by atoms with Gasteiger partial charge < -0.3 is 30.2 Å². The maximum Gasteiger partial charge on any atom is 0.272 e. The molecule has 4 aromatic rings. The van der Waals surface area contributed by atoms with E-state index in [0.29, 0.717) is 59.7 Å². The summed E-state index contributed by atoms with van der Waals surface area (Å²) in [5, 5.41) is 21.3. The number of piperidine rings is 2. The minimum absolute atomic E-state index is 0.000271. The monoisotopic (exact) mass is 896 g/mol. The minimum Gasteiger partial charge on any atom is -0.474 e. The van der Waals surface area contributed by atoms with Crippen molar-refractivity contribution >= 4 is 29.0 Å². The number of carbonyl (C=O) groups excluding carboxylic acids is 2. The Balaban J connectivity index is 0.000000197. The molecule has 4 aromatic carbocycles. The summed E-state index contributed by atoms with van der Waals surface area (Å²) in [7, 11) is 0. The topological polar surface area (TPSA) is 148 Å². The molecule has 4 aliphatic heterocycles. The van der Waals surface area contributed by atoms with Gasteiger partial charge in [0.15, 0.2) is 5.84 Å². The van der Waals surface area contributed by atoms with Crippen LogP contribution in [0.2, 0.25) is 0 Å². The van der Waals surface area contributed by atoms with Crippen molar-refractivity contribution in [2.45, 2.75) is 141 Å². The van der Waals surface area contributed by atoms with Gasteiger partial charge in [-0.25, -0.2) is 0 Å². The van der Waals surface area contributed by atoms with E-state index >= 15 is 0 Å². The molecule has 66 heavy (non-hydrogen) atoms. The Bertz CT molecular complexity index is 2310. The molecule has 4 heterocycles. The molecule has 0 aromatic heterocycles. The minimum atomic E-state index is -0.767. The first-order valence-corrected chi connectivity index (χ1v) is 24.3. The third-order valence-electron chi connectivity index (χ3n) is 14.0. The van der Waals surface area contributed by atoms with E-state index in [-0.39, 0.29) is 17.6 Å². The summed E-state index contributed by atoms with van der Waals surface area (Å²) in [4.78, 5) is 35.9. The highest BCUT2D eigenvalue weighted by molar-refractivity contribution is 6.02. The number of para-hydroxylation sites is 4. The Morgan fingerprint density at radius 2 is 1.06 bits per heavy atom. The lowest BCUT2D eigenvalue weighted by Gasteiger charge is -2.39. The fraction of sp³-hybridized carbons (Fsp3) is 0.481. The van der Waals surface area contributed by atoms with Crippen molar-refractivity contribution in [2.75, 3.05) is 36.0 Å². The molecule has 0 spiro atoms. The Labute approximate surface area is 391 Å². The van der Waals surface area contributed by atoms with Gasteiger partial charge in [-0.1, -0.05) is 85.4 Å². The zero-order valence-corrected chi connectivity index (χ0v) is 39.4. The number of nitriles is 1. The molecule has 2 amide bonds. The van der Waals surface area contributed by atoms with Crippen LogP contribution in [0.1, 0.15) is 139 Å². The van der Waals surface area contributed by atoms with Crippen molar-refractivity contribution in [1.82, 2.24) is 9.80 Å². The number of nitrogens with two attached hydrogens (primary N) is 1. The van der Waals surface area contributed by atoms with Gasteiger partial charge in [0.2, 0.25) is 12.2 Å². The summed E-state index contributed by atoms with van der Waals surface area (Å²) in [6.07, 6.45) is 12.8. The van der Waals surface area contributed by atoms with Gasteiger partial charge in [-0.2, -0.15) is 5.26 Å². The standard InChI is InChI=1S/C27H36N4O3.C27H33N3O2/c1-19-10-8-11-20(2)30(19)16-6-3-7-17-31-23-14-4-5-15-24(23)34-25(27(31)32)21-12-9-13-22(18-21)26(28)29-33;1-20-10-8-11-21(2)29(20)16-6-3-7-17-30-24-14-4-5-15-25(24)32-26(27(30)31)23-13-9-12-22(18-23)19-28/h4-5,9,12-15,18-20,25,33H,3,6-8,10-11,16-17H2,1-2H3,(H2,28,29);4-5,9,12-15,18,20-21,26H,3,6-8,10-11,16-17H2,1-2H3/t19-,20+,25?;20-,21+,26?. The van der Waals surface area contributed by atoms with Gasteiger partial charge in [0, 0.05) is 53.9 Å². The van der Waals surface area contributed by atoms with Gasteiger partial charge in [0.25, 0.3) is 11.8 Å². The average molecular weight is 896 g/mol. The second-order valence-corrected chi connectivity index (χ2v) is 18.6. The van der Waals surface area contributed by atoms with Gasteiger partial charge >= 0.3 is 0 Å². The number of unbranched alkanes of at least 4 members (excludes halogenated alkanes) is 4. The molecule has 2 fully saturated rings. The quantitative estimate of drug-likeness (QED) is 0.0391. The van der Waals surface area contributed by atoms with Crippen LogP contribution in [0.25, 0.3) is 0 Å². The molecule has 0 bridgehead atoms. The molecule has 8 rings (SSSR count). The van der Waals surface area contributed by atoms with Crippen LogP contribution in [0.3, 0.4) is 0 Å². The Morgan fingerprint density at radius 1 is 0.621 bits per heavy atom. The molecule has 12 nitrogen and oxygen atoms in total. The summed E-state index contributed by atoms with van der Waals surface area (Å²) in [6, 6.07) is 34.5. The third kappa shape index (κ3) is 11.5. The molecule has 350 valence electrons.